The zero-order valence-electron chi connectivity index (χ0n) is 14.2. The van der Waals surface area contributed by atoms with Gasteiger partial charge in [0, 0.05) is 57.8 Å². The van der Waals surface area contributed by atoms with Crippen LogP contribution in [0.1, 0.15) is 30.6 Å². The summed E-state index contributed by atoms with van der Waals surface area (Å²) in [6, 6.07) is 9.57. The van der Waals surface area contributed by atoms with E-state index in [2.05, 4.69) is 4.90 Å². The lowest BCUT2D eigenvalue weighted by molar-refractivity contribution is 0.0920. The smallest absolute Gasteiger partial charge is 0.320 e. The molecule has 1 aromatic carbocycles. The van der Waals surface area contributed by atoms with Gasteiger partial charge in [0.2, 0.25) is 0 Å². The largest absolute Gasteiger partial charge is 0.325 e. The van der Waals surface area contributed by atoms with Gasteiger partial charge in [-0.1, -0.05) is 30.3 Å². The zero-order valence-corrected chi connectivity index (χ0v) is 14.2. The number of carbonyl (C=O) groups excluding carboxylic acids is 2. The predicted octanol–water partition coefficient (Wildman–Crippen LogP) is 2.34. The summed E-state index contributed by atoms with van der Waals surface area (Å²) in [6.45, 7) is 9.46. The maximum absolute atomic E-state index is 12.3. The van der Waals surface area contributed by atoms with Crippen molar-refractivity contribution in [1.82, 2.24) is 14.7 Å². The average molecular weight is 317 g/mol. The summed E-state index contributed by atoms with van der Waals surface area (Å²) in [7, 11) is 0. The third kappa shape index (κ3) is 4.79. The number of hydrogen-bond acceptors (Lipinski definition) is 3. The monoisotopic (exact) mass is 317 g/mol. The molecule has 23 heavy (non-hydrogen) atoms. The molecule has 0 spiro atoms. The molecular formula is C18H27N3O2. The van der Waals surface area contributed by atoms with E-state index in [1.54, 1.807) is 0 Å². The Labute approximate surface area is 138 Å². The number of amides is 2. The molecule has 1 fully saturated rings. The molecule has 0 bridgehead atoms. The van der Waals surface area contributed by atoms with Crippen molar-refractivity contribution in [2.45, 2.75) is 20.3 Å². The number of Topliss-reactive ketones (excluding diaryl/α,β-unsaturated/α-hetero) is 1. The molecule has 1 aliphatic heterocycles. The molecule has 0 radical (unpaired) electrons. The van der Waals surface area contributed by atoms with Crippen molar-refractivity contribution < 1.29 is 9.59 Å². The third-order valence-electron chi connectivity index (χ3n) is 4.43. The number of carbonyl (C=O) groups is 2. The highest BCUT2D eigenvalue weighted by Crippen LogP contribution is 2.08. The molecule has 2 amide bonds. The lowest BCUT2D eigenvalue weighted by Crippen LogP contribution is -2.53. The summed E-state index contributed by atoms with van der Waals surface area (Å²) in [4.78, 5) is 30.5. The SMILES string of the molecule is CCN(CC)C(=O)N1CCN(CCC(=O)c2ccccc2)CC1. The van der Waals surface area contributed by atoms with Crippen molar-refractivity contribution in [1.29, 1.82) is 0 Å². The number of piperazine rings is 1. The number of ketones is 1. The topological polar surface area (TPSA) is 43.9 Å². The molecule has 1 saturated heterocycles. The van der Waals surface area contributed by atoms with Gasteiger partial charge in [-0.3, -0.25) is 9.69 Å². The van der Waals surface area contributed by atoms with Gasteiger partial charge < -0.3 is 9.80 Å². The Morgan fingerprint density at radius 2 is 1.61 bits per heavy atom. The van der Waals surface area contributed by atoms with Gasteiger partial charge in [-0.2, -0.15) is 0 Å². The molecule has 1 aromatic rings. The van der Waals surface area contributed by atoms with Crippen LogP contribution in [0.4, 0.5) is 4.79 Å². The van der Waals surface area contributed by atoms with Crippen LogP contribution >= 0.6 is 0 Å². The molecule has 5 nitrogen and oxygen atoms in total. The second-order valence-corrected chi connectivity index (χ2v) is 5.82. The Kier molecular flexibility index (Phi) is 6.59. The normalized spacial score (nSPS) is 15.5. The van der Waals surface area contributed by atoms with Crippen molar-refractivity contribution in [3.8, 4) is 0 Å². The van der Waals surface area contributed by atoms with E-state index < -0.39 is 0 Å². The lowest BCUT2D eigenvalue weighted by Gasteiger charge is -2.37. The van der Waals surface area contributed by atoms with E-state index in [9.17, 15) is 9.59 Å². The van der Waals surface area contributed by atoms with Gasteiger partial charge in [0.1, 0.15) is 0 Å². The Hall–Kier alpha value is -1.88. The van der Waals surface area contributed by atoms with Crippen LogP contribution in [-0.2, 0) is 0 Å². The van der Waals surface area contributed by atoms with Crippen LogP contribution in [0.15, 0.2) is 30.3 Å². The van der Waals surface area contributed by atoms with Crippen LogP contribution in [0.5, 0.6) is 0 Å². The summed E-state index contributed by atoms with van der Waals surface area (Å²) in [5, 5.41) is 0. The summed E-state index contributed by atoms with van der Waals surface area (Å²) < 4.78 is 0. The van der Waals surface area contributed by atoms with Crippen molar-refractivity contribution in [2.75, 3.05) is 45.8 Å². The second-order valence-electron chi connectivity index (χ2n) is 5.82. The van der Waals surface area contributed by atoms with Gasteiger partial charge in [0.15, 0.2) is 5.78 Å². The van der Waals surface area contributed by atoms with Gasteiger partial charge >= 0.3 is 6.03 Å². The molecule has 0 N–H and O–H groups in total. The summed E-state index contributed by atoms with van der Waals surface area (Å²) in [6.07, 6.45) is 0.536. The van der Waals surface area contributed by atoms with Gasteiger partial charge in [0.05, 0.1) is 0 Å². The summed E-state index contributed by atoms with van der Waals surface area (Å²) >= 11 is 0. The number of rotatable bonds is 6. The van der Waals surface area contributed by atoms with E-state index in [1.807, 2.05) is 54.0 Å². The van der Waals surface area contributed by atoms with E-state index in [4.69, 9.17) is 0 Å². The fraction of sp³-hybridized carbons (Fsp3) is 0.556. The summed E-state index contributed by atoms with van der Waals surface area (Å²) in [5.41, 5.74) is 0.780. The van der Waals surface area contributed by atoms with Gasteiger partial charge in [-0.25, -0.2) is 4.79 Å². The molecule has 2 rings (SSSR count). The van der Waals surface area contributed by atoms with Crippen LogP contribution in [0.25, 0.3) is 0 Å². The molecule has 0 aliphatic carbocycles. The first-order chi connectivity index (χ1) is 11.2. The van der Waals surface area contributed by atoms with E-state index >= 15 is 0 Å². The second kappa shape index (κ2) is 8.67. The number of urea groups is 1. The average Bonchev–Trinajstić information content (AvgIpc) is 2.61. The van der Waals surface area contributed by atoms with Crippen LogP contribution in [0, 0.1) is 0 Å². The first-order valence-electron chi connectivity index (χ1n) is 8.50. The standard InChI is InChI=1S/C18H27N3O2/c1-3-20(4-2)18(23)21-14-12-19(13-15-21)11-10-17(22)16-8-6-5-7-9-16/h5-9H,3-4,10-15H2,1-2H3. The van der Waals surface area contributed by atoms with E-state index in [1.165, 1.54) is 0 Å². The highest BCUT2D eigenvalue weighted by atomic mass is 16.2. The van der Waals surface area contributed by atoms with Crippen molar-refractivity contribution in [3.05, 3.63) is 35.9 Å². The Morgan fingerprint density at radius 3 is 2.17 bits per heavy atom. The van der Waals surface area contributed by atoms with Crippen molar-refractivity contribution >= 4 is 11.8 Å². The fourth-order valence-electron chi connectivity index (χ4n) is 2.88. The molecule has 0 aromatic heterocycles. The van der Waals surface area contributed by atoms with Crippen LogP contribution in [0.2, 0.25) is 0 Å². The van der Waals surface area contributed by atoms with Crippen LogP contribution < -0.4 is 0 Å². The maximum Gasteiger partial charge on any atom is 0.320 e. The van der Waals surface area contributed by atoms with Gasteiger partial charge in [-0.15, -0.1) is 0 Å². The van der Waals surface area contributed by atoms with Gasteiger partial charge in [-0.05, 0) is 13.8 Å². The Balaban J connectivity index is 1.75. The molecule has 0 atom stereocenters. The fourth-order valence-corrected chi connectivity index (χ4v) is 2.88. The first-order valence-corrected chi connectivity index (χ1v) is 8.50. The number of nitrogens with zero attached hydrogens (tertiary/aromatic N) is 3. The molecule has 0 unspecified atom stereocenters. The number of benzene rings is 1. The lowest BCUT2D eigenvalue weighted by atomic mass is 10.1. The first kappa shape index (κ1) is 17.5. The van der Waals surface area contributed by atoms with E-state index in [-0.39, 0.29) is 11.8 Å². The molecular weight excluding hydrogens is 290 g/mol. The zero-order chi connectivity index (χ0) is 16.7. The Bertz CT molecular complexity index is 506. The highest BCUT2D eigenvalue weighted by Gasteiger charge is 2.23. The molecule has 126 valence electrons. The molecule has 0 saturated carbocycles. The van der Waals surface area contributed by atoms with E-state index in [0.717, 1.165) is 51.4 Å². The van der Waals surface area contributed by atoms with Gasteiger partial charge in [0.25, 0.3) is 0 Å². The quantitative estimate of drug-likeness (QED) is 0.757. The minimum Gasteiger partial charge on any atom is -0.325 e. The third-order valence-corrected chi connectivity index (χ3v) is 4.43. The van der Waals surface area contributed by atoms with Crippen molar-refractivity contribution in [3.63, 3.8) is 0 Å². The van der Waals surface area contributed by atoms with Crippen LogP contribution in [-0.4, -0.2) is 72.3 Å². The predicted molar refractivity (Wildman–Crippen MR) is 91.7 cm³/mol. The maximum atomic E-state index is 12.3. The molecule has 1 heterocycles. The minimum absolute atomic E-state index is 0.134. The Morgan fingerprint density at radius 1 is 1.00 bits per heavy atom. The summed E-state index contributed by atoms with van der Waals surface area (Å²) in [5.74, 6) is 0.187. The number of hydrogen-bond donors (Lipinski definition) is 0. The van der Waals surface area contributed by atoms with Crippen LogP contribution in [0.3, 0.4) is 0 Å². The molecule has 5 heteroatoms. The molecule has 1 aliphatic rings. The van der Waals surface area contributed by atoms with E-state index in [0.29, 0.717) is 6.42 Å². The van der Waals surface area contributed by atoms with Crippen molar-refractivity contribution in [2.24, 2.45) is 0 Å². The minimum atomic E-state index is 0.134. The highest BCUT2D eigenvalue weighted by molar-refractivity contribution is 5.96.